The average molecular weight is 345 g/mol. The molecule has 2 aromatic rings. The maximum absolute atomic E-state index is 11.8. The number of rotatable bonds is 3. The first-order valence-electron chi connectivity index (χ1n) is 6.98. The van der Waals surface area contributed by atoms with Crippen molar-refractivity contribution in [3.05, 3.63) is 69.7 Å². The van der Waals surface area contributed by atoms with Crippen LogP contribution in [0.15, 0.2) is 53.0 Å². The highest BCUT2D eigenvalue weighted by Crippen LogP contribution is 2.25. The maximum Gasteiger partial charge on any atom is 0.235 e. The van der Waals surface area contributed by atoms with Crippen LogP contribution in [0.5, 0.6) is 0 Å². The Labute approximate surface area is 132 Å². The third-order valence-electron chi connectivity index (χ3n) is 3.97. The summed E-state index contributed by atoms with van der Waals surface area (Å²) in [5, 5.41) is 0. The number of halogens is 1. The quantitative estimate of drug-likeness (QED) is 0.930. The summed E-state index contributed by atoms with van der Waals surface area (Å²) in [5.74, 6) is -0.249. The van der Waals surface area contributed by atoms with E-state index in [1.165, 1.54) is 16.7 Å². The van der Waals surface area contributed by atoms with E-state index in [1.54, 1.807) is 0 Å². The Morgan fingerprint density at radius 2 is 1.81 bits per heavy atom. The smallest absolute Gasteiger partial charge is 0.235 e. The van der Waals surface area contributed by atoms with Gasteiger partial charge in [0.25, 0.3) is 0 Å². The number of nitrogens with zero attached hydrogens (tertiary/aromatic N) is 1. The molecule has 108 valence electrons. The lowest BCUT2D eigenvalue weighted by Crippen LogP contribution is -2.48. The predicted octanol–water partition coefficient (Wildman–Crippen LogP) is 2.86. The van der Waals surface area contributed by atoms with Gasteiger partial charge in [-0.3, -0.25) is 9.69 Å². The van der Waals surface area contributed by atoms with Crippen LogP contribution in [0.2, 0.25) is 0 Å². The van der Waals surface area contributed by atoms with Gasteiger partial charge >= 0.3 is 0 Å². The normalized spacial score (nSPS) is 18.2. The van der Waals surface area contributed by atoms with Gasteiger partial charge in [-0.1, -0.05) is 52.3 Å². The monoisotopic (exact) mass is 344 g/mol. The second-order valence-electron chi connectivity index (χ2n) is 5.42. The lowest BCUT2D eigenvalue weighted by molar-refractivity contribution is -0.124. The standard InChI is InChI=1S/C17H17BrN2O/c18-15-7-5-12(6-8-15)10-20-11-14-4-2-1-3-13(14)9-16(20)17(19)21/h1-8,16H,9-11H2,(H2,19,21)/t16-/m1/s1. The number of carbonyl (C=O) groups excluding carboxylic acids is 1. The van der Waals surface area contributed by atoms with Crippen LogP contribution in [0.4, 0.5) is 0 Å². The molecule has 1 atom stereocenters. The van der Waals surface area contributed by atoms with Gasteiger partial charge in [-0.15, -0.1) is 0 Å². The molecule has 3 rings (SSSR count). The first-order chi connectivity index (χ1) is 10.1. The van der Waals surface area contributed by atoms with Crippen molar-refractivity contribution in [3.63, 3.8) is 0 Å². The van der Waals surface area contributed by atoms with Crippen molar-refractivity contribution >= 4 is 21.8 Å². The van der Waals surface area contributed by atoms with Crippen molar-refractivity contribution in [2.45, 2.75) is 25.6 Å². The van der Waals surface area contributed by atoms with Crippen LogP contribution < -0.4 is 5.73 Å². The minimum atomic E-state index is -0.249. The Balaban J connectivity index is 1.85. The summed E-state index contributed by atoms with van der Waals surface area (Å²) in [7, 11) is 0. The first-order valence-corrected chi connectivity index (χ1v) is 7.77. The number of hydrogen-bond donors (Lipinski definition) is 1. The van der Waals surface area contributed by atoms with Gasteiger partial charge < -0.3 is 5.73 Å². The van der Waals surface area contributed by atoms with Gasteiger partial charge in [0.2, 0.25) is 5.91 Å². The molecule has 0 bridgehead atoms. The third kappa shape index (κ3) is 3.17. The zero-order valence-electron chi connectivity index (χ0n) is 11.6. The van der Waals surface area contributed by atoms with Crippen molar-refractivity contribution in [1.29, 1.82) is 0 Å². The van der Waals surface area contributed by atoms with E-state index in [1.807, 2.05) is 24.3 Å². The van der Waals surface area contributed by atoms with Crippen molar-refractivity contribution < 1.29 is 4.79 Å². The predicted molar refractivity (Wildman–Crippen MR) is 86.5 cm³/mol. The Bertz CT molecular complexity index is 654. The summed E-state index contributed by atoms with van der Waals surface area (Å²) in [6.07, 6.45) is 0.696. The fourth-order valence-corrected chi connectivity index (χ4v) is 3.11. The van der Waals surface area contributed by atoms with E-state index in [4.69, 9.17) is 5.73 Å². The fourth-order valence-electron chi connectivity index (χ4n) is 2.85. The summed E-state index contributed by atoms with van der Waals surface area (Å²) < 4.78 is 1.06. The lowest BCUT2D eigenvalue weighted by Gasteiger charge is -2.35. The van der Waals surface area contributed by atoms with Gasteiger partial charge in [-0.2, -0.15) is 0 Å². The molecule has 0 aliphatic carbocycles. The number of hydrogen-bond acceptors (Lipinski definition) is 2. The number of benzene rings is 2. The summed E-state index contributed by atoms with van der Waals surface area (Å²) in [5.41, 5.74) is 9.30. The number of fused-ring (bicyclic) bond motifs is 1. The molecule has 2 aromatic carbocycles. The van der Waals surface area contributed by atoms with Crippen molar-refractivity contribution in [2.24, 2.45) is 5.73 Å². The van der Waals surface area contributed by atoms with Crippen molar-refractivity contribution in [1.82, 2.24) is 4.90 Å². The molecule has 1 heterocycles. The number of nitrogens with two attached hydrogens (primary N) is 1. The van der Waals surface area contributed by atoms with Gasteiger partial charge in [0.15, 0.2) is 0 Å². The molecule has 0 saturated heterocycles. The van der Waals surface area contributed by atoms with Crippen LogP contribution in [0.3, 0.4) is 0 Å². The molecule has 2 N–H and O–H groups in total. The first kappa shape index (κ1) is 14.3. The summed E-state index contributed by atoms with van der Waals surface area (Å²) in [6, 6.07) is 16.2. The van der Waals surface area contributed by atoms with E-state index in [-0.39, 0.29) is 11.9 Å². The molecule has 1 aliphatic heterocycles. The molecule has 21 heavy (non-hydrogen) atoms. The number of amides is 1. The Hall–Kier alpha value is -1.65. The molecule has 4 heteroatoms. The van der Waals surface area contributed by atoms with Gasteiger partial charge in [0, 0.05) is 17.6 Å². The van der Waals surface area contributed by atoms with Gasteiger partial charge in [0.1, 0.15) is 0 Å². The van der Waals surface area contributed by atoms with Gasteiger partial charge in [-0.05, 0) is 35.2 Å². The SMILES string of the molecule is NC(=O)[C@H]1Cc2ccccc2CN1Cc1ccc(Br)cc1. The van der Waals surface area contributed by atoms with Crippen LogP contribution in [0.1, 0.15) is 16.7 Å². The molecular weight excluding hydrogens is 328 g/mol. The average Bonchev–Trinajstić information content (AvgIpc) is 2.48. The summed E-state index contributed by atoms with van der Waals surface area (Å²) in [6.45, 7) is 1.50. The highest BCUT2D eigenvalue weighted by molar-refractivity contribution is 9.10. The van der Waals surface area contributed by atoms with Crippen LogP contribution >= 0.6 is 15.9 Å². The second kappa shape index (κ2) is 6.00. The number of carbonyl (C=O) groups is 1. The minimum Gasteiger partial charge on any atom is -0.368 e. The third-order valence-corrected chi connectivity index (χ3v) is 4.50. The largest absolute Gasteiger partial charge is 0.368 e. The molecule has 3 nitrogen and oxygen atoms in total. The van der Waals surface area contributed by atoms with E-state index < -0.39 is 0 Å². The molecule has 0 unspecified atom stereocenters. The van der Waals surface area contributed by atoms with Gasteiger partial charge in [-0.25, -0.2) is 0 Å². The molecule has 0 spiro atoms. The Kier molecular flexibility index (Phi) is 4.08. The van der Waals surface area contributed by atoms with E-state index in [2.05, 4.69) is 45.1 Å². The molecule has 0 radical (unpaired) electrons. The second-order valence-corrected chi connectivity index (χ2v) is 6.34. The van der Waals surface area contributed by atoms with Crippen LogP contribution in [0, 0.1) is 0 Å². The van der Waals surface area contributed by atoms with Gasteiger partial charge in [0.05, 0.1) is 6.04 Å². The molecular formula is C17H17BrN2O. The van der Waals surface area contributed by atoms with Crippen molar-refractivity contribution in [3.8, 4) is 0 Å². The summed E-state index contributed by atoms with van der Waals surface area (Å²) >= 11 is 3.44. The van der Waals surface area contributed by atoms with E-state index in [9.17, 15) is 4.79 Å². The Morgan fingerprint density at radius 1 is 1.14 bits per heavy atom. The molecule has 0 fully saturated rings. The maximum atomic E-state index is 11.8. The van der Waals surface area contributed by atoms with E-state index in [0.29, 0.717) is 6.42 Å². The number of primary amides is 1. The zero-order valence-corrected chi connectivity index (χ0v) is 13.2. The lowest BCUT2D eigenvalue weighted by atomic mass is 9.93. The van der Waals surface area contributed by atoms with Crippen molar-refractivity contribution in [2.75, 3.05) is 0 Å². The zero-order chi connectivity index (χ0) is 14.8. The van der Waals surface area contributed by atoms with Crippen LogP contribution in [-0.2, 0) is 24.3 Å². The summed E-state index contributed by atoms with van der Waals surface area (Å²) in [4.78, 5) is 14.0. The Morgan fingerprint density at radius 3 is 2.48 bits per heavy atom. The molecule has 0 saturated carbocycles. The van der Waals surface area contributed by atoms with E-state index in [0.717, 1.165) is 17.6 Å². The highest BCUT2D eigenvalue weighted by Gasteiger charge is 2.29. The van der Waals surface area contributed by atoms with Crippen LogP contribution in [-0.4, -0.2) is 16.8 Å². The highest BCUT2D eigenvalue weighted by atomic mass is 79.9. The molecule has 1 amide bonds. The topological polar surface area (TPSA) is 46.3 Å². The fraction of sp³-hybridized carbons (Fsp3) is 0.235. The minimum absolute atomic E-state index is 0.233. The van der Waals surface area contributed by atoms with Crippen LogP contribution in [0.25, 0.3) is 0 Å². The molecule has 0 aromatic heterocycles. The van der Waals surface area contributed by atoms with E-state index >= 15 is 0 Å². The molecule has 1 aliphatic rings.